The number of aromatic amines is 1. The molecule has 1 aliphatic rings. The lowest BCUT2D eigenvalue weighted by atomic mass is 9.91. The molecule has 1 heterocycles. The van der Waals surface area contributed by atoms with Crippen LogP contribution in [0.15, 0.2) is 18.2 Å². The molecule has 1 saturated carbocycles. The van der Waals surface area contributed by atoms with Crippen LogP contribution in [0.25, 0.3) is 11.0 Å². The molecule has 106 valence electrons. The van der Waals surface area contributed by atoms with Crippen molar-refractivity contribution >= 4 is 16.9 Å². The van der Waals surface area contributed by atoms with E-state index in [-0.39, 0.29) is 11.9 Å². The number of fused-ring (bicyclic) bond motifs is 1. The van der Waals surface area contributed by atoms with Crippen molar-refractivity contribution in [2.75, 3.05) is 0 Å². The molecule has 0 atom stereocenters. The Balaban J connectivity index is 1.78. The van der Waals surface area contributed by atoms with Crippen LogP contribution in [0.3, 0.4) is 0 Å². The van der Waals surface area contributed by atoms with Crippen LogP contribution >= 0.6 is 0 Å². The highest BCUT2D eigenvalue weighted by Crippen LogP contribution is 2.20. The second-order valence-electron chi connectivity index (χ2n) is 5.61. The summed E-state index contributed by atoms with van der Waals surface area (Å²) in [6.07, 6.45) is 3.89. The third kappa shape index (κ3) is 2.54. The number of amides is 1. The van der Waals surface area contributed by atoms with E-state index in [1.807, 2.05) is 25.1 Å². The number of carbonyl (C=O) groups is 1. The van der Waals surface area contributed by atoms with Crippen molar-refractivity contribution < 1.29 is 4.79 Å². The average molecular weight is 272 g/mol. The van der Waals surface area contributed by atoms with Gasteiger partial charge in [-0.15, -0.1) is 0 Å². The van der Waals surface area contributed by atoms with Crippen LogP contribution in [0.5, 0.6) is 0 Å². The minimum absolute atomic E-state index is 0.0393. The fraction of sp³-hybridized carbons (Fsp3) is 0.467. The van der Waals surface area contributed by atoms with Crippen LogP contribution in [-0.4, -0.2) is 28.0 Å². The molecular weight excluding hydrogens is 252 g/mol. The number of aromatic nitrogens is 2. The summed E-state index contributed by atoms with van der Waals surface area (Å²) in [7, 11) is 0. The Morgan fingerprint density at radius 2 is 2.10 bits per heavy atom. The summed E-state index contributed by atoms with van der Waals surface area (Å²) >= 11 is 0. The average Bonchev–Trinajstić information content (AvgIpc) is 2.81. The van der Waals surface area contributed by atoms with E-state index < -0.39 is 0 Å². The molecule has 20 heavy (non-hydrogen) atoms. The first-order chi connectivity index (χ1) is 9.63. The monoisotopic (exact) mass is 272 g/mol. The van der Waals surface area contributed by atoms with Gasteiger partial charge in [-0.25, -0.2) is 4.98 Å². The molecule has 1 amide bonds. The quantitative estimate of drug-likeness (QED) is 0.780. The molecule has 3 rings (SSSR count). The van der Waals surface area contributed by atoms with Crippen molar-refractivity contribution in [3.63, 3.8) is 0 Å². The lowest BCUT2D eigenvalue weighted by Crippen LogP contribution is -2.40. The third-order valence-corrected chi connectivity index (χ3v) is 3.98. The topological polar surface area (TPSA) is 83.8 Å². The minimum atomic E-state index is -0.0393. The van der Waals surface area contributed by atoms with E-state index in [0.29, 0.717) is 11.6 Å². The zero-order valence-electron chi connectivity index (χ0n) is 11.6. The number of imidazole rings is 1. The predicted octanol–water partition coefficient (Wildman–Crippen LogP) is 1.87. The second kappa shape index (κ2) is 5.25. The normalized spacial score (nSPS) is 22.9. The zero-order chi connectivity index (χ0) is 14.1. The standard InChI is InChI=1S/C15H20N4O/c1-9-17-13-4-2-3-12(14(13)18-9)15(20)19-11-7-5-10(16)6-8-11/h2-4,10-11H,5-8,16H2,1H3,(H,17,18)(H,19,20). The maximum atomic E-state index is 12.4. The maximum absolute atomic E-state index is 12.4. The summed E-state index contributed by atoms with van der Waals surface area (Å²) in [5.41, 5.74) is 8.18. The Kier molecular flexibility index (Phi) is 3.44. The first-order valence-corrected chi connectivity index (χ1v) is 7.15. The van der Waals surface area contributed by atoms with Crippen molar-refractivity contribution in [1.82, 2.24) is 15.3 Å². The lowest BCUT2D eigenvalue weighted by Gasteiger charge is -2.26. The molecule has 5 nitrogen and oxygen atoms in total. The molecule has 0 saturated heterocycles. The van der Waals surface area contributed by atoms with Gasteiger partial charge in [0.2, 0.25) is 0 Å². The fourth-order valence-electron chi connectivity index (χ4n) is 2.87. The van der Waals surface area contributed by atoms with Crippen LogP contribution in [0, 0.1) is 6.92 Å². The van der Waals surface area contributed by atoms with Gasteiger partial charge >= 0.3 is 0 Å². The molecule has 2 aromatic rings. The van der Waals surface area contributed by atoms with Gasteiger partial charge in [0.05, 0.1) is 11.1 Å². The first kappa shape index (κ1) is 13.1. The molecule has 0 aliphatic heterocycles. The van der Waals surface area contributed by atoms with Gasteiger partial charge in [-0.05, 0) is 44.7 Å². The number of hydrogen-bond donors (Lipinski definition) is 3. The lowest BCUT2D eigenvalue weighted by molar-refractivity contribution is 0.0927. The SMILES string of the molecule is Cc1nc2c(C(=O)NC3CCC(N)CC3)cccc2[nH]1. The third-order valence-electron chi connectivity index (χ3n) is 3.98. The Labute approximate surface area is 118 Å². The Morgan fingerprint density at radius 3 is 2.85 bits per heavy atom. The number of hydrogen-bond acceptors (Lipinski definition) is 3. The number of nitrogens with two attached hydrogens (primary N) is 1. The Morgan fingerprint density at radius 1 is 1.35 bits per heavy atom. The first-order valence-electron chi connectivity index (χ1n) is 7.15. The van der Waals surface area contributed by atoms with Gasteiger partial charge in [0.25, 0.3) is 5.91 Å². The van der Waals surface area contributed by atoms with Crippen LogP contribution in [0.1, 0.15) is 41.9 Å². The van der Waals surface area contributed by atoms with Gasteiger partial charge in [-0.3, -0.25) is 4.79 Å². The van der Waals surface area contributed by atoms with Crippen LogP contribution < -0.4 is 11.1 Å². The minimum Gasteiger partial charge on any atom is -0.349 e. The number of nitrogens with zero attached hydrogens (tertiary/aromatic N) is 1. The molecule has 0 unspecified atom stereocenters. The highest BCUT2D eigenvalue weighted by atomic mass is 16.1. The van der Waals surface area contributed by atoms with E-state index in [1.54, 1.807) is 0 Å². The Hall–Kier alpha value is -1.88. The molecule has 1 aromatic heterocycles. The van der Waals surface area contributed by atoms with E-state index in [1.165, 1.54) is 0 Å². The highest BCUT2D eigenvalue weighted by Gasteiger charge is 2.21. The van der Waals surface area contributed by atoms with Crippen molar-refractivity contribution in [1.29, 1.82) is 0 Å². The molecule has 0 spiro atoms. The van der Waals surface area contributed by atoms with Gasteiger partial charge in [-0.1, -0.05) is 6.07 Å². The fourth-order valence-corrected chi connectivity index (χ4v) is 2.87. The summed E-state index contributed by atoms with van der Waals surface area (Å²) in [6.45, 7) is 1.89. The molecule has 0 bridgehead atoms. The van der Waals surface area contributed by atoms with Crippen molar-refractivity contribution in [2.24, 2.45) is 5.73 Å². The van der Waals surface area contributed by atoms with Crippen molar-refractivity contribution in [3.05, 3.63) is 29.6 Å². The van der Waals surface area contributed by atoms with Gasteiger partial charge < -0.3 is 16.0 Å². The summed E-state index contributed by atoms with van der Waals surface area (Å²) in [5, 5.41) is 3.11. The number of nitrogens with one attached hydrogen (secondary N) is 2. The van der Waals surface area contributed by atoms with E-state index in [2.05, 4.69) is 15.3 Å². The molecule has 0 radical (unpaired) electrons. The Bertz CT molecular complexity index is 626. The molecule has 5 heteroatoms. The largest absolute Gasteiger partial charge is 0.349 e. The van der Waals surface area contributed by atoms with Crippen LogP contribution in [0.2, 0.25) is 0 Å². The predicted molar refractivity (Wildman–Crippen MR) is 78.5 cm³/mol. The number of rotatable bonds is 2. The summed E-state index contributed by atoms with van der Waals surface area (Å²) in [6, 6.07) is 6.17. The van der Waals surface area contributed by atoms with E-state index in [4.69, 9.17) is 5.73 Å². The van der Waals surface area contributed by atoms with Crippen molar-refractivity contribution in [2.45, 2.75) is 44.7 Å². The number of aryl methyl sites for hydroxylation is 1. The molecule has 4 N–H and O–H groups in total. The second-order valence-corrected chi connectivity index (χ2v) is 5.61. The summed E-state index contributed by atoms with van der Waals surface area (Å²) in [4.78, 5) is 20.0. The number of H-pyrrole nitrogens is 1. The number of benzene rings is 1. The van der Waals surface area contributed by atoms with Crippen molar-refractivity contribution in [3.8, 4) is 0 Å². The zero-order valence-corrected chi connectivity index (χ0v) is 11.6. The van der Waals surface area contributed by atoms with E-state index in [9.17, 15) is 4.79 Å². The molecule has 1 aromatic carbocycles. The van der Waals surface area contributed by atoms with Crippen LogP contribution in [-0.2, 0) is 0 Å². The summed E-state index contributed by atoms with van der Waals surface area (Å²) < 4.78 is 0. The van der Waals surface area contributed by atoms with Gasteiger partial charge in [0.15, 0.2) is 0 Å². The molecule has 1 aliphatic carbocycles. The molecular formula is C15H20N4O. The summed E-state index contributed by atoms with van der Waals surface area (Å²) in [5.74, 6) is 0.784. The highest BCUT2D eigenvalue weighted by molar-refractivity contribution is 6.05. The van der Waals surface area contributed by atoms with Gasteiger partial charge in [0, 0.05) is 12.1 Å². The number of carbonyl (C=O) groups excluding carboxylic acids is 1. The van der Waals surface area contributed by atoms with Crippen LogP contribution in [0.4, 0.5) is 0 Å². The van der Waals surface area contributed by atoms with Gasteiger partial charge in [0.1, 0.15) is 11.3 Å². The van der Waals surface area contributed by atoms with Gasteiger partial charge in [-0.2, -0.15) is 0 Å². The van der Waals surface area contributed by atoms with E-state index >= 15 is 0 Å². The van der Waals surface area contributed by atoms with E-state index in [0.717, 1.165) is 42.5 Å². The maximum Gasteiger partial charge on any atom is 0.253 e. The number of para-hydroxylation sites is 1. The molecule has 1 fully saturated rings. The smallest absolute Gasteiger partial charge is 0.253 e.